The fourth-order valence-electron chi connectivity index (χ4n) is 2.37. The third-order valence-electron chi connectivity index (χ3n) is 3.21. The molecule has 0 saturated carbocycles. The summed E-state index contributed by atoms with van der Waals surface area (Å²) in [6, 6.07) is 3.86. The van der Waals surface area contributed by atoms with Crippen LogP contribution in [0, 0.1) is 0 Å². The second-order valence-electron chi connectivity index (χ2n) is 4.59. The van der Waals surface area contributed by atoms with E-state index >= 15 is 0 Å². The number of benzene rings is 1. The molecule has 0 amide bonds. The van der Waals surface area contributed by atoms with Crippen molar-refractivity contribution in [3.8, 4) is 0 Å². The van der Waals surface area contributed by atoms with Gasteiger partial charge < -0.3 is 10.6 Å². The highest BCUT2D eigenvalue weighted by Crippen LogP contribution is 2.38. The van der Waals surface area contributed by atoms with Gasteiger partial charge in [0.15, 0.2) is 0 Å². The zero-order chi connectivity index (χ0) is 12.6. The maximum atomic E-state index is 12.9. The van der Waals surface area contributed by atoms with Crippen molar-refractivity contribution in [3.05, 3.63) is 29.3 Å². The van der Waals surface area contributed by atoms with Crippen molar-refractivity contribution in [2.24, 2.45) is 0 Å². The highest BCUT2D eigenvalue weighted by atomic mass is 19.4. The summed E-state index contributed by atoms with van der Waals surface area (Å²) in [5.41, 5.74) is 5.77. The lowest BCUT2D eigenvalue weighted by atomic mass is 9.92. The van der Waals surface area contributed by atoms with Crippen LogP contribution in [-0.2, 0) is 6.18 Å². The lowest BCUT2D eigenvalue weighted by Crippen LogP contribution is -2.16. The maximum absolute atomic E-state index is 12.9. The van der Waals surface area contributed by atoms with Gasteiger partial charge >= 0.3 is 6.18 Å². The molecule has 1 fully saturated rings. The predicted molar refractivity (Wildman–Crippen MR) is 60.7 cm³/mol. The molecule has 1 aromatic rings. The Morgan fingerprint density at radius 2 is 2.06 bits per heavy atom. The summed E-state index contributed by atoms with van der Waals surface area (Å²) in [4.78, 5) is 2.04. The number of likely N-dealkylation sites (N-methyl/N-ethyl adjacent to an activating group) is 1. The molecular weight excluding hydrogens is 229 g/mol. The summed E-state index contributed by atoms with van der Waals surface area (Å²) in [5, 5.41) is 0. The minimum atomic E-state index is -4.30. The summed E-state index contributed by atoms with van der Waals surface area (Å²) in [6.07, 6.45) is -3.55. The molecule has 2 rings (SSSR count). The molecule has 1 saturated heterocycles. The third-order valence-corrected chi connectivity index (χ3v) is 3.21. The van der Waals surface area contributed by atoms with Gasteiger partial charge in [0, 0.05) is 12.2 Å². The van der Waals surface area contributed by atoms with E-state index in [9.17, 15) is 13.2 Å². The van der Waals surface area contributed by atoms with Gasteiger partial charge in [-0.2, -0.15) is 13.2 Å². The van der Waals surface area contributed by atoms with Gasteiger partial charge in [-0.15, -0.1) is 0 Å². The number of nitrogens with two attached hydrogens (primary N) is 1. The Morgan fingerprint density at radius 1 is 1.35 bits per heavy atom. The van der Waals surface area contributed by atoms with Crippen LogP contribution in [0.15, 0.2) is 18.2 Å². The lowest BCUT2D eigenvalue weighted by molar-refractivity contribution is -0.138. The van der Waals surface area contributed by atoms with Crippen molar-refractivity contribution in [3.63, 3.8) is 0 Å². The summed E-state index contributed by atoms with van der Waals surface area (Å²) >= 11 is 0. The van der Waals surface area contributed by atoms with Gasteiger partial charge in [0.2, 0.25) is 0 Å². The number of nitrogen functional groups attached to an aromatic ring is 1. The molecule has 5 heteroatoms. The molecule has 1 aliphatic rings. The first kappa shape index (κ1) is 12.2. The topological polar surface area (TPSA) is 29.3 Å². The van der Waals surface area contributed by atoms with Gasteiger partial charge in [-0.25, -0.2) is 0 Å². The number of alkyl halides is 3. The molecule has 0 radical (unpaired) electrons. The zero-order valence-electron chi connectivity index (χ0n) is 9.59. The van der Waals surface area contributed by atoms with Crippen LogP contribution in [0.25, 0.3) is 0 Å². The Kier molecular flexibility index (Phi) is 3.03. The van der Waals surface area contributed by atoms with E-state index in [1.54, 1.807) is 0 Å². The van der Waals surface area contributed by atoms with E-state index in [2.05, 4.69) is 0 Å². The molecule has 1 aliphatic heterocycles. The standard InChI is InChI=1S/C12H15F3N2/c1-17-5-4-8(7-17)10-6-9(16)2-3-11(10)12(13,14)15/h2-3,6,8H,4-5,7,16H2,1H3. The Balaban J connectivity index is 2.40. The van der Waals surface area contributed by atoms with Gasteiger partial charge in [-0.3, -0.25) is 0 Å². The molecule has 0 spiro atoms. The van der Waals surface area contributed by atoms with Crippen molar-refractivity contribution in [1.29, 1.82) is 0 Å². The van der Waals surface area contributed by atoms with Crippen molar-refractivity contribution < 1.29 is 13.2 Å². The fraction of sp³-hybridized carbons (Fsp3) is 0.500. The molecule has 1 atom stereocenters. The third kappa shape index (κ3) is 2.54. The molecule has 94 valence electrons. The SMILES string of the molecule is CN1CCC(c2cc(N)ccc2C(F)(F)F)C1. The van der Waals surface area contributed by atoms with Crippen LogP contribution >= 0.6 is 0 Å². The van der Waals surface area contributed by atoms with Crippen molar-refractivity contribution in [2.75, 3.05) is 25.9 Å². The van der Waals surface area contributed by atoms with Crippen molar-refractivity contribution >= 4 is 5.69 Å². The number of likely N-dealkylation sites (tertiary alicyclic amines) is 1. The average Bonchev–Trinajstić information content (AvgIpc) is 2.62. The second-order valence-corrected chi connectivity index (χ2v) is 4.59. The van der Waals surface area contributed by atoms with Crippen LogP contribution in [0.5, 0.6) is 0 Å². The van der Waals surface area contributed by atoms with E-state index in [-0.39, 0.29) is 5.92 Å². The van der Waals surface area contributed by atoms with Crippen LogP contribution in [-0.4, -0.2) is 25.0 Å². The van der Waals surface area contributed by atoms with Crippen LogP contribution in [0.3, 0.4) is 0 Å². The molecule has 2 nitrogen and oxygen atoms in total. The highest BCUT2D eigenvalue weighted by molar-refractivity contribution is 5.47. The Morgan fingerprint density at radius 3 is 2.59 bits per heavy atom. The summed E-state index contributed by atoms with van der Waals surface area (Å²) in [5.74, 6) is -0.0693. The van der Waals surface area contributed by atoms with E-state index in [1.165, 1.54) is 12.1 Å². The Hall–Kier alpha value is -1.23. The van der Waals surface area contributed by atoms with E-state index in [0.717, 1.165) is 19.0 Å². The Bertz CT molecular complexity index is 415. The highest BCUT2D eigenvalue weighted by Gasteiger charge is 2.36. The first-order valence-corrected chi connectivity index (χ1v) is 5.53. The van der Waals surface area contributed by atoms with Crippen LogP contribution in [0.2, 0.25) is 0 Å². The van der Waals surface area contributed by atoms with Gasteiger partial charge in [0.05, 0.1) is 5.56 Å². The maximum Gasteiger partial charge on any atom is 0.416 e. The van der Waals surface area contributed by atoms with Gasteiger partial charge in [-0.1, -0.05) is 0 Å². The number of hydrogen-bond acceptors (Lipinski definition) is 2. The minimum Gasteiger partial charge on any atom is -0.399 e. The molecular formula is C12H15F3N2. The molecule has 1 unspecified atom stereocenters. The molecule has 17 heavy (non-hydrogen) atoms. The Labute approximate surface area is 98.2 Å². The number of halogens is 3. The lowest BCUT2D eigenvalue weighted by Gasteiger charge is -2.18. The molecule has 0 aromatic heterocycles. The van der Waals surface area contributed by atoms with Crippen molar-refractivity contribution in [2.45, 2.75) is 18.5 Å². The zero-order valence-corrected chi connectivity index (χ0v) is 9.59. The molecule has 0 aliphatic carbocycles. The smallest absolute Gasteiger partial charge is 0.399 e. The van der Waals surface area contributed by atoms with E-state index in [1.807, 2.05) is 11.9 Å². The number of rotatable bonds is 1. The van der Waals surface area contributed by atoms with Gasteiger partial charge in [-0.05, 0) is 49.7 Å². The quantitative estimate of drug-likeness (QED) is 0.770. The largest absolute Gasteiger partial charge is 0.416 e. The fourth-order valence-corrected chi connectivity index (χ4v) is 2.37. The summed E-state index contributed by atoms with van der Waals surface area (Å²) in [7, 11) is 1.92. The summed E-state index contributed by atoms with van der Waals surface area (Å²) < 4.78 is 38.6. The van der Waals surface area contributed by atoms with E-state index in [4.69, 9.17) is 5.73 Å². The molecule has 0 bridgehead atoms. The normalized spacial score (nSPS) is 22.0. The van der Waals surface area contributed by atoms with E-state index < -0.39 is 11.7 Å². The number of anilines is 1. The monoisotopic (exact) mass is 244 g/mol. The van der Waals surface area contributed by atoms with Gasteiger partial charge in [0.25, 0.3) is 0 Å². The second kappa shape index (κ2) is 4.22. The molecule has 1 aromatic carbocycles. The predicted octanol–water partition coefficient (Wildman–Crippen LogP) is 2.71. The van der Waals surface area contributed by atoms with Crippen molar-refractivity contribution in [1.82, 2.24) is 4.90 Å². The molecule has 2 N–H and O–H groups in total. The first-order valence-electron chi connectivity index (χ1n) is 5.53. The van der Waals surface area contributed by atoms with Crippen LogP contribution < -0.4 is 5.73 Å². The summed E-state index contributed by atoms with van der Waals surface area (Å²) in [6.45, 7) is 1.49. The van der Waals surface area contributed by atoms with Gasteiger partial charge in [0.1, 0.15) is 0 Å². The average molecular weight is 244 g/mol. The first-order chi connectivity index (χ1) is 7.88. The number of nitrogens with zero attached hydrogens (tertiary/aromatic N) is 1. The van der Waals surface area contributed by atoms with Crippen LogP contribution in [0.4, 0.5) is 18.9 Å². The molecule has 1 heterocycles. The van der Waals surface area contributed by atoms with Crippen LogP contribution in [0.1, 0.15) is 23.5 Å². The number of hydrogen-bond donors (Lipinski definition) is 1. The van der Waals surface area contributed by atoms with E-state index in [0.29, 0.717) is 17.8 Å². The minimum absolute atomic E-state index is 0.0693.